The van der Waals surface area contributed by atoms with Gasteiger partial charge in [0.05, 0.1) is 22.5 Å². The van der Waals surface area contributed by atoms with Crippen LogP contribution in [0, 0.1) is 0 Å². The van der Waals surface area contributed by atoms with Crippen LogP contribution < -0.4 is 5.48 Å². The number of hydroxylamine groups is 1. The third kappa shape index (κ3) is 2.99. The third-order valence-corrected chi connectivity index (χ3v) is 4.02. The fraction of sp³-hybridized carbons (Fsp3) is 0.0714. The minimum Gasteiger partial charge on any atom is -0.288 e. The molecule has 3 aromatic rings. The van der Waals surface area contributed by atoms with Crippen LogP contribution in [0.5, 0.6) is 0 Å². The van der Waals surface area contributed by atoms with Crippen molar-refractivity contribution < 1.29 is 10.0 Å². The molecule has 0 aliphatic rings. The quantitative estimate of drug-likeness (QED) is 0.571. The highest BCUT2D eigenvalue weighted by Gasteiger charge is 2.11. The van der Waals surface area contributed by atoms with E-state index >= 15 is 0 Å². The molecule has 0 bridgehead atoms. The van der Waals surface area contributed by atoms with Crippen LogP contribution in [0.1, 0.15) is 15.2 Å². The van der Waals surface area contributed by atoms with Gasteiger partial charge in [0.2, 0.25) is 0 Å². The number of amides is 1. The van der Waals surface area contributed by atoms with Gasteiger partial charge in [0.15, 0.2) is 0 Å². The molecule has 0 aliphatic carbocycles. The molecule has 6 nitrogen and oxygen atoms in total. The molecule has 21 heavy (non-hydrogen) atoms. The Labute approximate surface area is 124 Å². The Balaban J connectivity index is 1.78. The third-order valence-electron chi connectivity index (χ3n) is 2.91. The summed E-state index contributed by atoms with van der Waals surface area (Å²) < 4.78 is 1.75. The summed E-state index contributed by atoms with van der Waals surface area (Å²) in [6.45, 7) is 0.642. The molecule has 2 N–H and O–H groups in total. The van der Waals surface area contributed by atoms with E-state index < -0.39 is 5.91 Å². The van der Waals surface area contributed by atoms with E-state index in [9.17, 15) is 4.79 Å². The van der Waals surface area contributed by atoms with Gasteiger partial charge in [0.25, 0.3) is 5.91 Å². The number of nitrogens with one attached hydrogen (secondary N) is 1. The zero-order valence-electron chi connectivity index (χ0n) is 10.9. The topological polar surface area (TPSA) is 80.0 Å². The lowest BCUT2D eigenvalue weighted by atomic mass is 10.2. The summed E-state index contributed by atoms with van der Waals surface area (Å²) in [6.07, 6.45) is 1.83. The molecule has 0 fully saturated rings. The van der Waals surface area contributed by atoms with E-state index in [2.05, 4.69) is 10.3 Å². The summed E-state index contributed by atoms with van der Waals surface area (Å²) in [4.78, 5) is 12.6. The smallest absolute Gasteiger partial charge is 0.284 e. The molecule has 0 radical (unpaired) electrons. The van der Waals surface area contributed by atoms with Crippen molar-refractivity contribution in [1.29, 1.82) is 0 Å². The summed E-state index contributed by atoms with van der Waals surface area (Å²) in [5, 5.41) is 16.8. The van der Waals surface area contributed by atoms with Crippen LogP contribution in [0.4, 0.5) is 0 Å². The van der Waals surface area contributed by atoms with Crippen LogP contribution in [0.15, 0.2) is 48.7 Å². The van der Waals surface area contributed by atoms with Gasteiger partial charge >= 0.3 is 0 Å². The molecule has 0 saturated carbocycles. The lowest BCUT2D eigenvalue weighted by Gasteiger charge is -1.99. The second kappa shape index (κ2) is 5.86. The first kappa shape index (κ1) is 13.5. The minimum atomic E-state index is -0.525. The van der Waals surface area contributed by atoms with Crippen molar-refractivity contribution in [3.63, 3.8) is 0 Å². The highest BCUT2D eigenvalue weighted by molar-refractivity contribution is 7.17. The molecule has 1 amide bonds. The van der Waals surface area contributed by atoms with Crippen molar-refractivity contribution in [2.75, 3.05) is 0 Å². The number of thiophene rings is 1. The number of carbonyl (C=O) groups is 1. The maximum atomic E-state index is 11.3. The Morgan fingerprint density at radius 3 is 2.81 bits per heavy atom. The van der Waals surface area contributed by atoms with E-state index in [1.807, 2.05) is 36.5 Å². The van der Waals surface area contributed by atoms with Crippen LogP contribution in [0.2, 0.25) is 0 Å². The Bertz CT molecular complexity index is 751. The Kier molecular flexibility index (Phi) is 3.76. The lowest BCUT2D eigenvalue weighted by molar-refractivity contribution is 0.0711. The minimum absolute atomic E-state index is 0.421. The van der Waals surface area contributed by atoms with E-state index in [4.69, 9.17) is 5.21 Å². The second-order valence-corrected chi connectivity index (χ2v) is 5.48. The van der Waals surface area contributed by atoms with Gasteiger partial charge in [-0.3, -0.25) is 10.0 Å². The molecular weight excluding hydrogens is 288 g/mol. The van der Waals surface area contributed by atoms with Crippen molar-refractivity contribution in [2.45, 2.75) is 6.54 Å². The number of benzene rings is 1. The molecule has 7 heteroatoms. The van der Waals surface area contributed by atoms with Gasteiger partial charge in [0, 0.05) is 0 Å². The predicted molar refractivity (Wildman–Crippen MR) is 78.1 cm³/mol. The Morgan fingerprint density at radius 2 is 2.05 bits per heavy atom. The van der Waals surface area contributed by atoms with Crippen molar-refractivity contribution in [3.8, 4) is 10.6 Å². The molecular formula is C14H12N4O2S. The zero-order valence-corrected chi connectivity index (χ0v) is 11.7. The van der Waals surface area contributed by atoms with E-state index in [1.54, 1.807) is 22.3 Å². The first-order chi connectivity index (χ1) is 10.3. The summed E-state index contributed by atoms with van der Waals surface area (Å²) >= 11 is 1.25. The van der Waals surface area contributed by atoms with Gasteiger partial charge in [-0.15, -0.1) is 16.4 Å². The van der Waals surface area contributed by atoms with E-state index in [1.165, 1.54) is 11.3 Å². The molecule has 3 rings (SSSR count). The van der Waals surface area contributed by atoms with Crippen LogP contribution in [-0.2, 0) is 6.54 Å². The molecule has 0 saturated heterocycles. The second-order valence-electron chi connectivity index (χ2n) is 4.39. The number of carbonyl (C=O) groups excluding carboxylic acids is 1. The summed E-state index contributed by atoms with van der Waals surface area (Å²) in [5.41, 5.74) is 3.46. The van der Waals surface area contributed by atoms with Crippen LogP contribution >= 0.6 is 11.3 Å². The molecule has 2 heterocycles. The Morgan fingerprint density at radius 1 is 1.24 bits per heavy atom. The lowest BCUT2D eigenvalue weighted by Crippen LogP contribution is -2.16. The molecule has 0 spiro atoms. The van der Waals surface area contributed by atoms with Gasteiger partial charge in [-0.25, -0.2) is 10.2 Å². The SMILES string of the molecule is O=C(NO)c1ccc(-c2cn(Cc3ccccc3)nn2)s1. The maximum absolute atomic E-state index is 11.3. The van der Waals surface area contributed by atoms with E-state index in [-0.39, 0.29) is 0 Å². The van der Waals surface area contributed by atoms with Crippen LogP contribution in [0.3, 0.4) is 0 Å². The number of hydrogen-bond donors (Lipinski definition) is 2. The monoisotopic (exact) mass is 300 g/mol. The van der Waals surface area contributed by atoms with Crippen LogP contribution in [-0.4, -0.2) is 26.1 Å². The van der Waals surface area contributed by atoms with E-state index in [0.717, 1.165) is 10.4 Å². The highest BCUT2D eigenvalue weighted by atomic mass is 32.1. The van der Waals surface area contributed by atoms with Crippen LogP contribution in [0.25, 0.3) is 10.6 Å². The fourth-order valence-electron chi connectivity index (χ4n) is 1.91. The summed E-state index contributed by atoms with van der Waals surface area (Å²) in [7, 11) is 0. The van der Waals surface area contributed by atoms with E-state index in [0.29, 0.717) is 17.1 Å². The molecule has 2 aromatic heterocycles. The Hall–Kier alpha value is -2.51. The first-order valence-corrected chi connectivity index (χ1v) is 7.06. The fourth-order valence-corrected chi connectivity index (χ4v) is 2.76. The molecule has 106 valence electrons. The normalized spacial score (nSPS) is 10.5. The van der Waals surface area contributed by atoms with Gasteiger partial charge < -0.3 is 0 Å². The average molecular weight is 300 g/mol. The molecule has 0 atom stereocenters. The first-order valence-electron chi connectivity index (χ1n) is 6.25. The van der Waals surface area contributed by atoms with Crippen molar-refractivity contribution in [3.05, 3.63) is 59.1 Å². The standard InChI is InChI=1S/C14H12N4O2S/c19-14(16-20)13-7-6-12(21-13)11-9-18(17-15-11)8-10-4-2-1-3-5-10/h1-7,9,20H,8H2,(H,16,19). The molecule has 1 aromatic carbocycles. The molecule has 0 unspecified atom stereocenters. The largest absolute Gasteiger partial charge is 0.288 e. The van der Waals surface area contributed by atoms with Crippen molar-refractivity contribution in [1.82, 2.24) is 20.5 Å². The summed E-state index contributed by atoms with van der Waals surface area (Å²) in [5.74, 6) is -0.525. The number of nitrogens with zero attached hydrogens (tertiary/aromatic N) is 3. The highest BCUT2D eigenvalue weighted by Crippen LogP contribution is 2.26. The predicted octanol–water partition coefficient (Wildman–Crippen LogP) is 2.17. The summed E-state index contributed by atoms with van der Waals surface area (Å²) in [6, 6.07) is 13.4. The maximum Gasteiger partial charge on any atom is 0.284 e. The number of hydrogen-bond acceptors (Lipinski definition) is 5. The number of rotatable bonds is 4. The van der Waals surface area contributed by atoms with Gasteiger partial charge in [-0.05, 0) is 17.7 Å². The van der Waals surface area contributed by atoms with Gasteiger partial charge in [0.1, 0.15) is 5.69 Å². The average Bonchev–Trinajstić information content (AvgIpc) is 3.16. The van der Waals surface area contributed by atoms with Crippen molar-refractivity contribution in [2.24, 2.45) is 0 Å². The van der Waals surface area contributed by atoms with Gasteiger partial charge in [-0.1, -0.05) is 35.5 Å². The van der Waals surface area contributed by atoms with Gasteiger partial charge in [-0.2, -0.15) is 0 Å². The van der Waals surface area contributed by atoms with Crippen molar-refractivity contribution >= 4 is 17.2 Å². The zero-order chi connectivity index (χ0) is 14.7. The number of aromatic nitrogens is 3. The molecule has 0 aliphatic heterocycles.